The maximum Gasteiger partial charge on any atom is 0.259 e. The third-order valence-electron chi connectivity index (χ3n) is 6.16. The number of likely N-dealkylation sites (tertiary alicyclic amines) is 1. The Hall–Kier alpha value is -3.29. The van der Waals surface area contributed by atoms with Gasteiger partial charge in [0, 0.05) is 45.0 Å². The zero-order chi connectivity index (χ0) is 23.0. The van der Waals surface area contributed by atoms with Crippen LogP contribution in [0.3, 0.4) is 0 Å². The van der Waals surface area contributed by atoms with E-state index in [1.54, 1.807) is 10.8 Å². The smallest absolute Gasteiger partial charge is 0.259 e. The van der Waals surface area contributed by atoms with Crippen molar-refractivity contribution in [1.82, 2.24) is 19.0 Å². The molecule has 1 aromatic carbocycles. The number of benzene rings is 1. The van der Waals surface area contributed by atoms with Gasteiger partial charge in [-0.1, -0.05) is 26.7 Å². The molecule has 2 amide bonds. The molecule has 1 fully saturated rings. The van der Waals surface area contributed by atoms with Gasteiger partial charge in [-0.25, -0.2) is 4.98 Å². The number of fused-ring (bicyclic) bond motifs is 1. The molecule has 0 bridgehead atoms. The first kappa shape index (κ1) is 21.9. The van der Waals surface area contributed by atoms with Crippen molar-refractivity contribution >= 4 is 28.5 Å². The number of carbonyl (C=O) groups is 2. The summed E-state index contributed by atoms with van der Waals surface area (Å²) in [4.78, 5) is 31.7. The Balaban J connectivity index is 1.70. The van der Waals surface area contributed by atoms with E-state index < -0.39 is 0 Å². The fourth-order valence-electron chi connectivity index (χ4n) is 4.25. The van der Waals surface area contributed by atoms with Gasteiger partial charge >= 0.3 is 0 Å². The molecule has 0 atom stereocenters. The zero-order valence-corrected chi connectivity index (χ0v) is 19.2. The molecule has 1 aliphatic heterocycles. The first-order valence-corrected chi connectivity index (χ1v) is 11.2. The largest absolute Gasteiger partial charge is 0.505 e. The van der Waals surface area contributed by atoms with Gasteiger partial charge in [0.1, 0.15) is 5.69 Å². The molecule has 8 heteroatoms. The van der Waals surface area contributed by atoms with E-state index in [-0.39, 0.29) is 23.5 Å². The lowest BCUT2D eigenvalue weighted by molar-refractivity contribution is -0.118. The van der Waals surface area contributed by atoms with Crippen LogP contribution in [0.2, 0.25) is 0 Å². The molecule has 0 spiro atoms. The lowest BCUT2D eigenvalue weighted by Gasteiger charge is -2.19. The SMILES string of the molecule is CC(C)C(=O)Nc1ccc2c(c1)nc(-c1c(O)c(C(=O)N3CCCCCC3)cn1C)n2C. The van der Waals surface area contributed by atoms with Gasteiger partial charge < -0.3 is 24.5 Å². The number of amides is 2. The van der Waals surface area contributed by atoms with Crippen LogP contribution in [0.15, 0.2) is 24.4 Å². The maximum absolute atomic E-state index is 13.1. The van der Waals surface area contributed by atoms with E-state index in [0.29, 0.717) is 28.3 Å². The van der Waals surface area contributed by atoms with Crippen LogP contribution in [0.25, 0.3) is 22.6 Å². The maximum atomic E-state index is 13.1. The van der Waals surface area contributed by atoms with Gasteiger partial charge in [0.25, 0.3) is 5.91 Å². The summed E-state index contributed by atoms with van der Waals surface area (Å²) in [6.45, 7) is 5.13. The Morgan fingerprint density at radius 3 is 2.44 bits per heavy atom. The number of rotatable bonds is 4. The molecule has 3 heterocycles. The number of nitrogens with one attached hydrogen (secondary N) is 1. The van der Waals surface area contributed by atoms with Crippen molar-refractivity contribution in [3.63, 3.8) is 0 Å². The second kappa shape index (κ2) is 8.68. The molecule has 1 saturated heterocycles. The van der Waals surface area contributed by atoms with Crippen LogP contribution in [0.4, 0.5) is 5.69 Å². The minimum absolute atomic E-state index is 0.0477. The van der Waals surface area contributed by atoms with Crippen LogP contribution in [-0.4, -0.2) is 49.0 Å². The molecular weight excluding hydrogens is 406 g/mol. The minimum atomic E-state index is -0.135. The zero-order valence-electron chi connectivity index (χ0n) is 19.2. The Bertz CT molecular complexity index is 1170. The van der Waals surface area contributed by atoms with Crippen molar-refractivity contribution in [2.45, 2.75) is 39.5 Å². The number of hydrogen-bond acceptors (Lipinski definition) is 4. The molecule has 170 valence electrons. The Labute approximate surface area is 187 Å². The van der Waals surface area contributed by atoms with Crippen molar-refractivity contribution in [3.05, 3.63) is 30.0 Å². The minimum Gasteiger partial charge on any atom is -0.505 e. The highest BCUT2D eigenvalue weighted by Crippen LogP contribution is 2.36. The summed E-state index contributed by atoms with van der Waals surface area (Å²) in [7, 11) is 3.68. The second-order valence-corrected chi connectivity index (χ2v) is 8.90. The van der Waals surface area contributed by atoms with Crippen molar-refractivity contribution in [1.29, 1.82) is 0 Å². The standard InChI is InChI=1S/C24H31N5O3/c1-15(2)23(31)25-16-9-10-19-18(13-16)26-22(28(19)4)20-21(30)17(14-27(20)3)24(32)29-11-7-5-6-8-12-29/h9-10,13-15,30H,5-8,11-12H2,1-4H3,(H,25,31). The molecule has 3 aromatic rings. The quantitative estimate of drug-likeness (QED) is 0.648. The number of aromatic nitrogens is 3. The van der Waals surface area contributed by atoms with E-state index in [1.165, 1.54) is 0 Å². The molecule has 2 N–H and O–H groups in total. The van der Waals surface area contributed by atoms with Gasteiger partial charge in [-0.15, -0.1) is 0 Å². The average molecular weight is 438 g/mol. The third kappa shape index (κ3) is 3.97. The van der Waals surface area contributed by atoms with Crippen LogP contribution >= 0.6 is 0 Å². The highest BCUT2D eigenvalue weighted by molar-refractivity contribution is 5.99. The highest BCUT2D eigenvalue weighted by Gasteiger charge is 2.27. The number of aryl methyl sites for hydroxylation is 2. The monoisotopic (exact) mass is 437 g/mol. The molecule has 8 nitrogen and oxygen atoms in total. The summed E-state index contributed by atoms with van der Waals surface area (Å²) >= 11 is 0. The van der Waals surface area contributed by atoms with Crippen molar-refractivity contribution < 1.29 is 14.7 Å². The molecule has 4 rings (SSSR count). The summed E-state index contributed by atoms with van der Waals surface area (Å²) < 4.78 is 3.64. The summed E-state index contributed by atoms with van der Waals surface area (Å²) in [6.07, 6.45) is 5.94. The number of imidazole rings is 1. The molecule has 2 aromatic heterocycles. The summed E-state index contributed by atoms with van der Waals surface area (Å²) in [5, 5.41) is 13.9. The van der Waals surface area contributed by atoms with Gasteiger partial charge in [0.05, 0.1) is 16.6 Å². The van der Waals surface area contributed by atoms with Crippen molar-refractivity contribution in [2.24, 2.45) is 20.0 Å². The normalized spacial score (nSPS) is 14.7. The van der Waals surface area contributed by atoms with Gasteiger partial charge in [0.15, 0.2) is 11.6 Å². The summed E-state index contributed by atoms with van der Waals surface area (Å²) in [6, 6.07) is 5.56. The molecule has 32 heavy (non-hydrogen) atoms. The fourth-order valence-corrected chi connectivity index (χ4v) is 4.25. The van der Waals surface area contributed by atoms with E-state index >= 15 is 0 Å². The van der Waals surface area contributed by atoms with E-state index in [9.17, 15) is 14.7 Å². The molecule has 0 saturated carbocycles. The highest BCUT2D eigenvalue weighted by atomic mass is 16.3. The molecule has 1 aliphatic rings. The third-order valence-corrected chi connectivity index (χ3v) is 6.16. The Morgan fingerprint density at radius 2 is 1.78 bits per heavy atom. The van der Waals surface area contributed by atoms with Gasteiger partial charge in [-0.05, 0) is 31.0 Å². The molecular formula is C24H31N5O3. The van der Waals surface area contributed by atoms with E-state index in [0.717, 1.165) is 44.3 Å². The topological polar surface area (TPSA) is 92.4 Å². The van der Waals surface area contributed by atoms with Gasteiger partial charge in [-0.3, -0.25) is 9.59 Å². The number of hydrogen-bond donors (Lipinski definition) is 2. The van der Waals surface area contributed by atoms with Crippen LogP contribution in [0.5, 0.6) is 5.75 Å². The summed E-state index contributed by atoms with van der Waals surface area (Å²) in [5.74, 6) is 0.196. The summed E-state index contributed by atoms with van der Waals surface area (Å²) in [5.41, 5.74) is 3.04. The predicted molar refractivity (Wildman–Crippen MR) is 125 cm³/mol. The van der Waals surface area contributed by atoms with E-state index in [1.807, 2.05) is 55.6 Å². The second-order valence-electron chi connectivity index (χ2n) is 8.90. The predicted octanol–water partition coefficient (Wildman–Crippen LogP) is 3.90. The fraction of sp³-hybridized carbons (Fsp3) is 0.458. The average Bonchev–Trinajstić information content (AvgIpc) is 3.07. The van der Waals surface area contributed by atoms with Crippen LogP contribution in [-0.2, 0) is 18.9 Å². The van der Waals surface area contributed by atoms with Crippen LogP contribution in [0.1, 0.15) is 49.9 Å². The van der Waals surface area contributed by atoms with Crippen LogP contribution in [0, 0.1) is 5.92 Å². The number of carbonyl (C=O) groups excluding carboxylic acids is 2. The lowest BCUT2D eigenvalue weighted by atomic mass is 10.2. The number of anilines is 1. The van der Waals surface area contributed by atoms with Gasteiger partial charge in [0.2, 0.25) is 5.91 Å². The van der Waals surface area contributed by atoms with E-state index in [4.69, 9.17) is 4.98 Å². The van der Waals surface area contributed by atoms with Crippen molar-refractivity contribution in [3.8, 4) is 17.3 Å². The van der Waals surface area contributed by atoms with Crippen LogP contribution < -0.4 is 5.32 Å². The number of aromatic hydroxyl groups is 1. The molecule has 0 aliphatic carbocycles. The molecule has 0 unspecified atom stereocenters. The van der Waals surface area contributed by atoms with E-state index in [2.05, 4.69) is 5.32 Å². The number of nitrogens with zero attached hydrogens (tertiary/aromatic N) is 4. The Morgan fingerprint density at radius 1 is 1.09 bits per heavy atom. The van der Waals surface area contributed by atoms with Gasteiger partial charge in [-0.2, -0.15) is 0 Å². The molecule has 0 radical (unpaired) electrons. The lowest BCUT2D eigenvalue weighted by Crippen LogP contribution is -2.31. The first-order valence-electron chi connectivity index (χ1n) is 11.2. The Kier molecular flexibility index (Phi) is 5.95. The van der Waals surface area contributed by atoms with Crippen molar-refractivity contribution in [2.75, 3.05) is 18.4 Å². The first-order chi connectivity index (χ1) is 15.3.